The van der Waals surface area contributed by atoms with Crippen molar-refractivity contribution in [3.8, 4) is 0 Å². The van der Waals surface area contributed by atoms with Crippen molar-refractivity contribution >= 4 is 23.6 Å². The van der Waals surface area contributed by atoms with E-state index in [1.54, 1.807) is 13.8 Å². The van der Waals surface area contributed by atoms with Crippen molar-refractivity contribution in [2.24, 2.45) is 5.10 Å². The van der Waals surface area contributed by atoms with Gasteiger partial charge in [0.05, 0.1) is 5.71 Å². The SMILES string of the molecule is C/C(=N/NC(=O)CCN1C(=O)NC(C)(C)C1=O)c1ccc(C(C)(C)C)cc1. The Morgan fingerprint density at radius 1 is 1.19 bits per heavy atom. The Kier molecular flexibility index (Phi) is 5.73. The number of nitrogens with one attached hydrogen (secondary N) is 2. The molecule has 2 N–H and O–H groups in total. The molecule has 1 heterocycles. The third kappa shape index (κ3) is 4.93. The number of hydrogen-bond donors (Lipinski definition) is 2. The quantitative estimate of drug-likeness (QED) is 0.473. The van der Waals surface area contributed by atoms with Crippen molar-refractivity contribution in [2.45, 2.75) is 58.9 Å². The number of hydrogen-bond acceptors (Lipinski definition) is 4. The molecule has 0 spiro atoms. The third-order valence-corrected chi connectivity index (χ3v) is 4.52. The Labute approximate surface area is 160 Å². The topological polar surface area (TPSA) is 90.9 Å². The minimum absolute atomic E-state index is 0.00498. The molecule has 0 radical (unpaired) electrons. The summed E-state index contributed by atoms with van der Waals surface area (Å²) in [6.45, 7) is 11.5. The lowest BCUT2D eigenvalue weighted by molar-refractivity contribution is -0.130. The Balaban J connectivity index is 1.91. The van der Waals surface area contributed by atoms with Gasteiger partial charge in [-0.25, -0.2) is 10.2 Å². The van der Waals surface area contributed by atoms with E-state index in [-0.39, 0.29) is 30.2 Å². The summed E-state index contributed by atoms with van der Waals surface area (Å²) in [5.41, 5.74) is 4.44. The maximum absolute atomic E-state index is 12.1. The number of imide groups is 1. The number of amides is 4. The summed E-state index contributed by atoms with van der Waals surface area (Å²) in [5.74, 6) is -0.690. The molecule has 1 aliphatic heterocycles. The second kappa shape index (κ2) is 7.50. The number of nitrogens with zero attached hydrogens (tertiary/aromatic N) is 2. The van der Waals surface area contributed by atoms with Gasteiger partial charge in [-0.15, -0.1) is 0 Å². The monoisotopic (exact) mass is 372 g/mol. The van der Waals surface area contributed by atoms with Gasteiger partial charge in [0.2, 0.25) is 5.91 Å². The lowest BCUT2D eigenvalue weighted by Gasteiger charge is -2.19. The van der Waals surface area contributed by atoms with Crippen molar-refractivity contribution in [1.82, 2.24) is 15.6 Å². The number of rotatable bonds is 5. The average Bonchev–Trinajstić information content (AvgIpc) is 2.77. The first-order valence-electron chi connectivity index (χ1n) is 9.00. The first-order chi connectivity index (χ1) is 12.4. The molecule has 0 bridgehead atoms. The van der Waals surface area contributed by atoms with Crippen molar-refractivity contribution in [3.63, 3.8) is 0 Å². The van der Waals surface area contributed by atoms with Gasteiger partial charge in [0, 0.05) is 13.0 Å². The number of carbonyl (C=O) groups excluding carboxylic acids is 3. The molecule has 0 atom stereocenters. The van der Waals surface area contributed by atoms with Gasteiger partial charge in [0.15, 0.2) is 0 Å². The van der Waals surface area contributed by atoms with Crippen LogP contribution in [0.5, 0.6) is 0 Å². The van der Waals surface area contributed by atoms with Crippen LogP contribution in [0.4, 0.5) is 4.79 Å². The maximum atomic E-state index is 12.1. The first kappa shape index (κ1) is 20.6. The van der Waals surface area contributed by atoms with Gasteiger partial charge in [-0.1, -0.05) is 45.0 Å². The minimum Gasteiger partial charge on any atom is -0.324 e. The van der Waals surface area contributed by atoms with Gasteiger partial charge in [0.1, 0.15) is 5.54 Å². The highest BCUT2D eigenvalue weighted by atomic mass is 16.2. The molecule has 2 rings (SSSR count). The minimum atomic E-state index is -0.929. The van der Waals surface area contributed by atoms with E-state index in [0.717, 1.165) is 10.5 Å². The van der Waals surface area contributed by atoms with Gasteiger partial charge in [-0.2, -0.15) is 5.10 Å². The lowest BCUT2D eigenvalue weighted by Crippen LogP contribution is -2.40. The molecule has 146 valence electrons. The molecule has 1 saturated heterocycles. The van der Waals surface area contributed by atoms with E-state index in [1.807, 2.05) is 19.1 Å². The summed E-state index contributed by atoms with van der Waals surface area (Å²) in [5, 5.41) is 6.69. The molecule has 7 heteroatoms. The molecule has 0 aromatic heterocycles. The number of benzene rings is 1. The van der Waals surface area contributed by atoms with Gasteiger partial charge < -0.3 is 5.32 Å². The van der Waals surface area contributed by atoms with Crippen LogP contribution in [0.25, 0.3) is 0 Å². The molecule has 27 heavy (non-hydrogen) atoms. The second-order valence-corrected chi connectivity index (χ2v) is 8.32. The van der Waals surface area contributed by atoms with Crippen molar-refractivity contribution in [1.29, 1.82) is 0 Å². The Morgan fingerprint density at radius 3 is 2.26 bits per heavy atom. The highest BCUT2D eigenvalue weighted by molar-refractivity contribution is 6.06. The van der Waals surface area contributed by atoms with Crippen LogP contribution in [0.1, 0.15) is 59.1 Å². The van der Waals surface area contributed by atoms with Crippen LogP contribution < -0.4 is 10.7 Å². The van der Waals surface area contributed by atoms with E-state index < -0.39 is 11.6 Å². The van der Waals surface area contributed by atoms with Gasteiger partial charge in [0.25, 0.3) is 5.91 Å². The van der Waals surface area contributed by atoms with Crippen molar-refractivity contribution in [2.75, 3.05) is 6.54 Å². The third-order valence-electron chi connectivity index (χ3n) is 4.52. The summed E-state index contributed by atoms with van der Waals surface area (Å²) in [4.78, 5) is 36.9. The molecule has 1 aliphatic rings. The molecular formula is C20H28N4O3. The summed E-state index contributed by atoms with van der Waals surface area (Å²) >= 11 is 0. The molecule has 1 aromatic rings. The van der Waals surface area contributed by atoms with Crippen molar-refractivity contribution < 1.29 is 14.4 Å². The first-order valence-corrected chi connectivity index (χ1v) is 9.00. The standard InChI is InChI=1S/C20H28N4O3/c1-13(14-7-9-15(10-8-14)19(2,3)4)22-23-16(25)11-12-24-17(26)20(5,6)21-18(24)27/h7-10H,11-12H2,1-6H3,(H,21,27)(H,23,25)/b22-13-. The average molecular weight is 372 g/mol. The highest BCUT2D eigenvalue weighted by Crippen LogP contribution is 2.22. The zero-order chi connectivity index (χ0) is 20.4. The van der Waals surface area contributed by atoms with Gasteiger partial charge >= 0.3 is 6.03 Å². The van der Waals surface area contributed by atoms with Crippen LogP contribution >= 0.6 is 0 Å². The second-order valence-electron chi connectivity index (χ2n) is 8.32. The van der Waals surface area contributed by atoms with E-state index in [4.69, 9.17) is 0 Å². The largest absolute Gasteiger partial charge is 0.325 e. The van der Waals surface area contributed by atoms with Crippen LogP contribution in [0.2, 0.25) is 0 Å². The molecule has 1 fully saturated rings. The zero-order valence-electron chi connectivity index (χ0n) is 16.8. The van der Waals surface area contributed by atoms with Crippen LogP contribution in [0, 0.1) is 0 Å². The molecule has 1 aromatic carbocycles. The fourth-order valence-corrected chi connectivity index (χ4v) is 2.71. The Morgan fingerprint density at radius 2 is 1.78 bits per heavy atom. The summed E-state index contributed by atoms with van der Waals surface area (Å²) < 4.78 is 0. The van der Waals surface area contributed by atoms with Crippen LogP contribution in [-0.4, -0.2) is 40.5 Å². The summed E-state index contributed by atoms with van der Waals surface area (Å²) in [6.07, 6.45) is -0.00498. The van der Waals surface area contributed by atoms with E-state index in [1.165, 1.54) is 5.56 Å². The maximum Gasteiger partial charge on any atom is 0.325 e. The predicted molar refractivity (Wildman–Crippen MR) is 104 cm³/mol. The Hall–Kier alpha value is -2.70. The van der Waals surface area contributed by atoms with Crippen LogP contribution in [0.3, 0.4) is 0 Å². The fraction of sp³-hybridized carbons (Fsp3) is 0.500. The number of carbonyl (C=O) groups is 3. The molecule has 0 saturated carbocycles. The van der Waals surface area contributed by atoms with E-state index in [9.17, 15) is 14.4 Å². The van der Waals surface area contributed by atoms with Gasteiger partial charge in [-0.3, -0.25) is 14.5 Å². The summed E-state index contributed by atoms with van der Waals surface area (Å²) in [7, 11) is 0. The lowest BCUT2D eigenvalue weighted by atomic mass is 9.86. The molecule has 4 amide bonds. The van der Waals surface area contributed by atoms with Crippen LogP contribution in [0.15, 0.2) is 29.4 Å². The normalized spacial score (nSPS) is 17.1. The number of urea groups is 1. The zero-order valence-corrected chi connectivity index (χ0v) is 16.8. The molecule has 7 nitrogen and oxygen atoms in total. The van der Waals surface area contributed by atoms with Crippen LogP contribution in [-0.2, 0) is 15.0 Å². The van der Waals surface area contributed by atoms with Crippen molar-refractivity contribution in [3.05, 3.63) is 35.4 Å². The number of hydrazone groups is 1. The molecular weight excluding hydrogens is 344 g/mol. The van der Waals surface area contributed by atoms with Gasteiger partial charge in [-0.05, 0) is 37.3 Å². The predicted octanol–water partition coefficient (Wildman–Crippen LogP) is 2.54. The summed E-state index contributed by atoms with van der Waals surface area (Å²) in [6, 6.07) is 7.57. The van der Waals surface area contributed by atoms with E-state index in [0.29, 0.717) is 5.71 Å². The smallest absolute Gasteiger partial charge is 0.324 e. The van der Waals surface area contributed by atoms with E-state index >= 15 is 0 Å². The Bertz CT molecular complexity index is 773. The van der Waals surface area contributed by atoms with E-state index in [2.05, 4.69) is 48.7 Å². The molecule has 0 unspecified atom stereocenters. The fourth-order valence-electron chi connectivity index (χ4n) is 2.71. The highest BCUT2D eigenvalue weighted by Gasteiger charge is 2.43. The molecule has 0 aliphatic carbocycles.